The van der Waals surface area contributed by atoms with E-state index in [4.69, 9.17) is 16.2 Å². The summed E-state index contributed by atoms with van der Waals surface area (Å²) in [5.41, 5.74) is 0.681. The number of allylic oxidation sites excluding steroid dienone is 3. The molecular formula is C13H13ClNO3S2+. The molecule has 0 atom stereocenters. The van der Waals surface area contributed by atoms with Crippen LogP contribution in [0.3, 0.4) is 0 Å². The van der Waals surface area contributed by atoms with Crippen LogP contribution in [0.1, 0.15) is 11.9 Å². The molecule has 1 N–H and O–H groups in total. The van der Waals surface area contributed by atoms with Crippen LogP contribution in [0.15, 0.2) is 36.4 Å². The third-order valence-electron chi connectivity index (χ3n) is 2.53. The highest BCUT2D eigenvalue weighted by atomic mass is 35.5. The Hall–Kier alpha value is -1.21. The lowest BCUT2D eigenvalue weighted by molar-refractivity contribution is -0.649. The van der Waals surface area contributed by atoms with Crippen molar-refractivity contribution in [2.24, 2.45) is 0 Å². The van der Waals surface area contributed by atoms with Crippen LogP contribution >= 0.6 is 22.9 Å². The van der Waals surface area contributed by atoms with Crippen LogP contribution in [0, 0.1) is 0 Å². The second kappa shape index (κ2) is 6.05. The number of nitrogens with zero attached hydrogens (tertiary/aromatic N) is 1. The van der Waals surface area contributed by atoms with Crippen molar-refractivity contribution in [1.82, 2.24) is 0 Å². The second-order valence-corrected chi connectivity index (χ2v) is 7.00. The summed E-state index contributed by atoms with van der Waals surface area (Å²) < 4.78 is 33.9. The summed E-state index contributed by atoms with van der Waals surface area (Å²) >= 11 is 7.38. The average Bonchev–Trinajstić information content (AvgIpc) is 2.66. The van der Waals surface area contributed by atoms with Crippen LogP contribution in [0.25, 0.3) is 16.3 Å². The minimum Gasteiger partial charge on any atom is -0.281 e. The van der Waals surface area contributed by atoms with E-state index >= 15 is 0 Å². The van der Waals surface area contributed by atoms with Crippen LogP contribution in [-0.2, 0) is 16.0 Å². The predicted molar refractivity (Wildman–Crippen MR) is 82.4 cm³/mol. The van der Waals surface area contributed by atoms with Crippen molar-refractivity contribution in [1.29, 1.82) is 0 Å². The lowest BCUT2D eigenvalue weighted by atomic mass is 10.3. The smallest absolute Gasteiger partial charge is 0.281 e. The van der Waals surface area contributed by atoms with E-state index in [0.29, 0.717) is 10.5 Å². The zero-order valence-electron chi connectivity index (χ0n) is 10.7. The number of aromatic nitrogens is 1. The van der Waals surface area contributed by atoms with Crippen LogP contribution in [0.2, 0.25) is 5.02 Å². The lowest BCUT2D eigenvalue weighted by Crippen LogP contribution is -2.38. The Labute approximate surface area is 126 Å². The molecule has 4 nitrogen and oxygen atoms in total. The van der Waals surface area contributed by atoms with Crippen molar-refractivity contribution in [2.45, 2.75) is 12.8 Å². The van der Waals surface area contributed by atoms with Gasteiger partial charge in [0.15, 0.2) is 0 Å². The average molecular weight is 331 g/mol. The maximum atomic E-state index is 11.2. The summed E-state index contributed by atoms with van der Waals surface area (Å²) in [5.74, 6) is -0.497. The molecule has 0 aliphatic heterocycles. The van der Waals surface area contributed by atoms with Gasteiger partial charge in [0, 0.05) is 17.2 Å². The molecular weight excluding hydrogens is 318 g/mol. The zero-order chi connectivity index (χ0) is 14.8. The Kier molecular flexibility index (Phi) is 4.59. The molecule has 0 aliphatic carbocycles. The molecule has 0 amide bonds. The Bertz CT molecular complexity index is 791. The number of hydrogen-bond donors (Lipinski definition) is 1. The molecule has 0 spiro atoms. The first kappa shape index (κ1) is 15.2. The molecule has 1 aromatic heterocycles. The van der Waals surface area contributed by atoms with Gasteiger partial charge in [0.1, 0.15) is 4.70 Å². The van der Waals surface area contributed by atoms with E-state index in [-0.39, 0.29) is 0 Å². The van der Waals surface area contributed by atoms with Crippen LogP contribution in [0.4, 0.5) is 0 Å². The number of benzene rings is 1. The van der Waals surface area contributed by atoms with E-state index in [0.717, 1.165) is 9.71 Å². The molecule has 2 aromatic rings. The highest BCUT2D eigenvalue weighted by Crippen LogP contribution is 2.24. The summed E-state index contributed by atoms with van der Waals surface area (Å²) in [6, 6.07) is 5.26. The summed E-state index contributed by atoms with van der Waals surface area (Å²) in [7, 11) is -4.13. The number of thiazole rings is 1. The van der Waals surface area contributed by atoms with Crippen LogP contribution in [0.5, 0.6) is 0 Å². The monoisotopic (exact) mass is 330 g/mol. The standard InChI is InChI=1S/C13H12ClNO3S2/c1-2-3-4-5-13-15(9-20(16,17)18)11-8-10(14)6-7-12(11)19-13/h2-8H,9H2,1H3/p+1/b3-2+,5-4+. The first-order valence-electron chi connectivity index (χ1n) is 5.77. The van der Waals surface area contributed by atoms with E-state index in [9.17, 15) is 8.42 Å². The van der Waals surface area contributed by atoms with Crippen LogP contribution < -0.4 is 4.57 Å². The zero-order valence-corrected chi connectivity index (χ0v) is 13.0. The Balaban J connectivity index is 2.63. The van der Waals surface area contributed by atoms with Crippen molar-refractivity contribution in [3.05, 3.63) is 46.5 Å². The van der Waals surface area contributed by atoms with Crippen LogP contribution in [-0.4, -0.2) is 13.0 Å². The van der Waals surface area contributed by atoms with Gasteiger partial charge in [-0.05, 0) is 19.1 Å². The van der Waals surface area contributed by atoms with Gasteiger partial charge < -0.3 is 0 Å². The van der Waals surface area contributed by atoms with Gasteiger partial charge >= 0.3 is 10.1 Å². The van der Waals surface area contributed by atoms with E-state index in [2.05, 4.69) is 0 Å². The third kappa shape index (κ3) is 3.67. The van der Waals surface area contributed by atoms with E-state index < -0.39 is 16.0 Å². The molecule has 2 rings (SSSR count). The molecule has 0 saturated heterocycles. The van der Waals surface area contributed by atoms with E-state index in [1.165, 1.54) is 15.9 Å². The fraction of sp³-hybridized carbons (Fsp3) is 0.154. The van der Waals surface area contributed by atoms with Gasteiger partial charge in [-0.15, -0.1) is 0 Å². The molecule has 0 radical (unpaired) electrons. The fourth-order valence-electron chi connectivity index (χ4n) is 1.74. The molecule has 0 unspecified atom stereocenters. The summed E-state index contributed by atoms with van der Waals surface area (Å²) in [4.78, 5) is 0. The maximum Gasteiger partial charge on any atom is 0.326 e. The number of rotatable bonds is 4. The number of fused-ring (bicyclic) bond motifs is 1. The predicted octanol–water partition coefficient (Wildman–Crippen LogP) is 3.28. The number of hydrogen-bond acceptors (Lipinski definition) is 3. The highest BCUT2D eigenvalue weighted by molar-refractivity contribution is 7.84. The summed E-state index contributed by atoms with van der Waals surface area (Å²) in [5, 5.41) is 1.24. The summed E-state index contributed by atoms with van der Waals surface area (Å²) in [6.45, 7) is 1.89. The fourth-order valence-corrected chi connectivity index (χ4v) is 3.65. The SMILES string of the molecule is C/C=C/C=C/c1sc2ccc(Cl)cc2[n+]1CS(=O)(=O)O. The summed E-state index contributed by atoms with van der Waals surface area (Å²) in [6.07, 6.45) is 7.32. The van der Waals surface area contributed by atoms with E-state index in [1.807, 2.05) is 31.2 Å². The van der Waals surface area contributed by atoms with Gasteiger partial charge in [-0.3, -0.25) is 4.55 Å². The number of halogens is 1. The molecule has 7 heteroatoms. The lowest BCUT2D eigenvalue weighted by Gasteiger charge is -1.94. The van der Waals surface area contributed by atoms with E-state index in [1.54, 1.807) is 18.2 Å². The molecule has 106 valence electrons. The van der Waals surface area contributed by atoms with Gasteiger partial charge in [-0.2, -0.15) is 13.0 Å². The van der Waals surface area contributed by atoms with Crippen molar-refractivity contribution in [3.8, 4) is 0 Å². The second-order valence-electron chi connectivity index (χ2n) is 4.08. The molecule has 1 heterocycles. The van der Waals surface area contributed by atoms with Crippen molar-refractivity contribution in [2.75, 3.05) is 0 Å². The Morgan fingerprint density at radius 3 is 2.80 bits per heavy atom. The molecule has 0 aliphatic rings. The van der Waals surface area contributed by atoms with Crippen molar-refractivity contribution >= 4 is 49.3 Å². The first-order valence-corrected chi connectivity index (χ1v) is 8.57. The van der Waals surface area contributed by atoms with Gasteiger partial charge in [-0.25, -0.2) is 0 Å². The van der Waals surface area contributed by atoms with Gasteiger partial charge in [0.25, 0.3) is 10.9 Å². The molecule has 1 aromatic carbocycles. The quantitative estimate of drug-likeness (QED) is 0.531. The minimum atomic E-state index is -4.13. The normalized spacial score (nSPS) is 12.9. The maximum absolute atomic E-state index is 11.2. The van der Waals surface area contributed by atoms with Gasteiger partial charge in [0.05, 0.1) is 0 Å². The molecule has 0 fully saturated rings. The molecule has 0 bridgehead atoms. The largest absolute Gasteiger partial charge is 0.326 e. The Morgan fingerprint density at radius 1 is 1.40 bits per heavy atom. The van der Waals surface area contributed by atoms with Gasteiger partial charge in [-0.1, -0.05) is 41.2 Å². The third-order valence-corrected chi connectivity index (χ3v) is 4.48. The molecule has 0 saturated carbocycles. The topological polar surface area (TPSA) is 58.2 Å². The first-order chi connectivity index (χ1) is 9.40. The van der Waals surface area contributed by atoms with Crippen molar-refractivity contribution in [3.63, 3.8) is 0 Å². The van der Waals surface area contributed by atoms with Gasteiger partial charge in [0.2, 0.25) is 5.52 Å². The highest BCUT2D eigenvalue weighted by Gasteiger charge is 2.24. The molecule has 20 heavy (non-hydrogen) atoms. The Morgan fingerprint density at radius 2 is 2.15 bits per heavy atom. The van der Waals surface area contributed by atoms with Crippen molar-refractivity contribution < 1.29 is 17.5 Å². The minimum absolute atomic E-state index is 0.497.